The molecule has 1 aliphatic heterocycles. The Morgan fingerprint density at radius 1 is 1.07 bits per heavy atom. The van der Waals surface area contributed by atoms with E-state index in [1.165, 1.54) is 4.90 Å². The topological polar surface area (TPSA) is 54.3 Å². The van der Waals surface area contributed by atoms with Crippen molar-refractivity contribution >= 4 is 28.9 Å². The van der Waals surface area contributed by atoms with Crippen LogP contribution >= 0.6 is 0 Å². The Morgan fingerprint density at radius 3 is 2.57 bits per heavy atom. The maximum atomic E-state index is 12.8. The highest BCUT2D eigenvalue weighted by molar-refractivity contribution is 6.14. The molecule has 0 radical (unpaired) electrons. The average molecular weight is 371 g/mol. The number of aromatic nitrogens is 1. The van der Waals surface area contributed by atoms with Gasteiger partial charge in [-0.15, -0.1) is 6.58 Å². The molecule has 4 rings (SSSR count). The summed E-state index contributed by atoms with van der Waals surface area (Å²) in [7, 11) is 0. The van der Waals surface area contributed by atoms with Crippen LogP contribution in [0, 0.1) is 6.92 Å². The molecule has 140 valence electrons. The van der Waals surface area contributed by atoms with E-state index in [9.17, 15) is 9.59 Å². The number of allylic oxidation sites excluding steroid dienone is 1. The number of carbonyl (C=O) groups is 2. The number of imide groups is 1. The first-order valence-electron chi connectivity index (χ1n) is 9.15. The fourth-order valence-corrected chi connectivity index (χ4v) is 3.43. The lowest BCUT2D eigenvalue weighted by Gasteiger charge is -2.11. The highest BCUT2D eigenvalue weighted by Gasteiger charge is 2.33. The number of fused-ring (bicyclic) bond motifs is 1. The number of carbonyl (C=O) groups excluding carboxylic acids is 2. The minimum atomic E-state index is -0.397. The number of urea groups is 1. The summed E-state index contributed by atoms with van der Waals surface area (Å²) in [4.78, 5) is 26.4. The summed E-state index contributed by atoms with van der Waals surface area (Å²) in [6.45, 7) is 6.72. The van der Waals surface area contributed by atoms with Gasteiger partial charge >= 0.3 is 6.03 Å². The zero-order chi connectivity index (χ0) is 19.7. The first-order valence-corrected chi connectivity index (χ1v) is 9.15. The fourth-order valence-electron chi connectivity index (χ4n) is 3.43. The van der Waals surface area contributed by atoms with E-state index < -0.39 is 6.03 Å². The number of nitrogens with one attached hydrogen (secondary N) is 1. The van der Waals surface area contributed by atoms with Crippen LogP contribution in [0.3, 0.4) is 0 Å². The second kappa shape index (κ2) is 7.19. The lowest BCUT2D eigenvalue weighted by atomic mass is 10.1. The molecule has 2 heterocycles. The third-order valence-corrected chi connectivity index (χ3v) is 4.87. The number of hydrogen-bond acceptors (Lipinski definition) is 2. The molecule has 28 heavy (non-hydrogen) atoms. The van der Waals surface area contributed by atoms with Gasteiger partial charge < -0.3 is 9.88 Å². The van der Waals surface area contributed by atoms with Gasteiger partial charge in [0.25, 0.3) is 5.91 Å². The van der Waals surface area contributed by atoms with E-state index in [2.05, 4.69) is 16.5 Å². The number of aryl methyl sites for hydroxylation is 1. The summed E-state index contributed by atoms with van der Waals surface area (Å²) in [5.74, 6) is -0.314. The lowest BCUT2D eigenvalue weighted by Crippen LogP contribution is -2.30. The molecular formula is C23H21N3O2. The van der Waals surface area contributed by atoms with Crippen LogP contribution in [-0.2, 0) is 17.9 Å². The van der Waals surface area contributed by atoms with Gasteiger partial charge in [-0.05, 0) is 24.6 Å². The van der Waals surface area contributed by atoms with Gasteiger partial charge in [0, 0.05) is 29.2 Å². The molecule has 0 bridgehead atoms. The predicted molar refractivity (Wildman–Crippen MR) is 110 cm³/mol. The molecule has 1 fully saturated rings. The van der Waals surface area contributed by atoms with Crippen molar-refractivity contribution in [3.05, 3.63) is 89.8 Å². The fraction of sp³-hybridized carbons (Fsp3) is 0.130. The molecule has 0 unspecified atom stereocenters. The van der Waals surface area contributed by atoms with Crippen molar-refractivity contribution in [2.45, 2.75) is 20.0 Å². The van der Waals surface area contributed by atoms with Crippen LogP contribution in [0.1, 0.15) is 16.7 Å². The molecule has 0 spiro atoms. The minimum absolute atomic E-state index is 0.251. The molecule has 1 aliphatic rings. The molecule has 0 aliphatic carbocycles. The van der Waals surface area contributed by atoms with Crippen molar-refractivity contribution in [1.82, 2.24) is 14.8 Å². The Morgan fingerprint density at radius 2 is 1.82 bits per heavy atom. The molecule has 0 atom stereocenters. The van der Waals surface area contributed by atoms with Crippen LogP contribution in [-0.4, -0.2) is 21.4 Å². The van der Waals surface area contributed by atoms with E-state index in [-0.39, 0.29) is 12.5 Å². The quantitative estimate of drug-likeness (QED) is 0.415. The molecule has 0 saturated carbocycles. The van der Waals surface area contributed by atoms with Gasteiger partial charge in [0.15, 0.2) is 0 Å². The van der Waals surface area contributed by atoms with E-state index in [0.29, 0.717) is 12.2 Å². The van der Waals surface area contributed by atoms with E-state index in [4.69, 9.17) is 0 Å². The summed E-state index contributed by atoms with van der Waals surface area (Å²) in [6, 6.07) is 15.4. The van der Waals surface area contributed by atoms with Gasteiger partial charge in [-0.3, -0.25) is 9.69 Å². The molecule has 5 nitrogen and oxygen atoms in total. The second-order valence-corrected chi connectivity index (χ2v) is 6.91. The van der Waals surface area contributed by atoms with Crippen molar-refractivity contribution in [3.63, 3.8) is 0 Å². The van der Waals surface area contributed by atoms with Crippen LogP contribution < -0.4 is 5.32 Å². The smallest absolute Gasteiger partial charge is 0.329 e. The third-order valence-electron chi connectivity index (χ3n) is 4.87. The normalized spacial score (nSPS) is 15.5. The van der Waals surface area contributed by atoms with Gasteiger partial charge in [-0.1, -0.05) is 54.1 Å². The second-order valence-electron chi connectivity index (χ2n) is 6.91. The van der Waals surface area contributed by atoms with Crippen LogP contribution in [0.5, 0.6) is 0 Å². The molecule has 1 saturated heterocycles. The van der Waals surface area contributed by atoms with E-state index in [1.807, 2.05) is 67.7 Å². The van der Waals surface area contributed by atoms with Crippen LogP contribution in [0.2, 0.25) is 0 Å². The number of hydrogen-bond donors (Lipinski definition) is 1. The third kappa shape index (κ3) is 3.22. The SMILES string of the molecule is C=CCn1cc(/C=C2/NC(=O)N(Cc3ccc(C)cc3)C2=O)c2ccccc21. The molecule has 3 aromatic rings. The minimum Gasteiger partial charge on any atom is -0.343 e. The summed E-state index contributed by atoms with van der Waals surface area (Å²) in [6.07, 6.45) is 5.55. The van der Waals surface area contributed by atoms with Gasteiger partial charge in [-0.25, -0.2) is 4.79 Å². The monoisotopic (exact) mass is 371 g/mol. The Bertz CT molecular complexity index is 1110. The molecule has 5 heteroatoms. The predicted octanol–water partition coefficient (Wildman–Crippen LogP) is 4.23. The lowest BCUT2D eigenvalue weighted by molar-refractivity contribution is -0.123. The van der Waals surface area contributed by atoms with E-state index in [1.54, 1.807) is 6.08 Å². The van der Waals surface area contributed by atoms with E-state index in [0.717, 1.165) is 27.6 Å². The van der Waals surface area contributed by atoms with Crippen molar-refractivity contribution in [2.75, 3.05) is 0 Å². The zero-order valence-electron chi connectivity index (χ0n) is 15.7. The molecule has 1 N–H and O–H groups in total. The number of amides is 3. The van der Waals surface area contributed by atoms with Crippen LogP contribution in [0.15, 0.2) is 73.1 Å². The average Bonchev–Trinajstić information content (AvgIpc) is 3.17. The maximum Gasteiger partial charge on any atom is 0.329 e. The highest BCUT2D eigenvalue weighted by atomic mass is 16.2. The maximum absolute atomic E-state index is 12.8. The highest BCUT2D eigenvalue weighted by Crippen LogP contribution is 2.25. The Labute approximate surface area is 163 Å². The van der Waals surface area contributed by atoms with Crippen LogP contribution in [0.4, 0.5) is 4.79 Å². The number of nitrogens with zero attached hydrogens (tertiary/aromatic N) is 2. The Hall–Kier alpha value is -3.60. The van der Waals surface area contributed by atoms with Gasteiger partial charge in [-0.2, -0.15) is 0 Å². The summed E-state index contributed by atoms with van der Waals surface area (Å²) in [5, 5.41) is 3.73. The molecular weight excluding hydrogens is 350 g/mol. The van der Waals surface area contributed by atoms with Crippen molar-refractivity contribution < 1.29 is 9.59 Å². The molecule has 3 amide bonds. The zero-order valence-corrected chi connectivity index (χ0v) is 15.7. The Balaban J connectivity index is 1.65. The molecule has 2 aromatic carbocycles. The number of benzene rings is 2. The first kappa shape index (κ1) is 17.8. The molecule has 1 aromatic heterocycles. The van der Waals surface area contributed by atoms with Crippen molar-refractivity contribution in [2.24, 2.45) is 0 Å². The van der Waals surface area contributed by atoms with Gasteiger partial charge in [0.05, 0.1) is 6.54 Å². The number of para-hydroxylation sites is 1. The largest absolute Gasteiger partial charge is 0.343 e. The Kier molecular flexibility index (Phi) is 4.57. The van der Waals surface area contributed by atoms with Crippen molar-refractivity contribution in [1.29, 1.82) is 0 Å². The summed E-state index contributed by atoms with van der Waals surface area (Å²) < 4.78 is 2.07. The van der Waals surface area contributed by atoms with Gasteiger partial charge in [0.2, 0.25) is 0 Å². The van der Waals surface area contributed by atoms with E-state index >= 15 is 0 Å². The summed E-state index contributed by atoms with van der Waals surface area (Å²) in [5.41, 5.74) is 4.29. The standard InChI is InChI=1S/C23H21N3O2/c1-3-12-25-15-18(19-6-4-5-7-21(19)25)13-20-22(27)26(23(28)24-20)14-17-10-8-16(2)9-11-17/h3-11,13,15H,1,12,14H2,2H3,(H,24,28)/b20-13+. The van der Waals surface area contributed by atoms with Gasteiger partial charge in [0.1, 0.15) is 5.70 Å². The summed E-state index contributed by atoms with van der Waals surface area (Å²) >= 11 is 0. The van der Waals surface area contributed by atoms with Crippen molar-refractivity contribution in [3.8, 4) is 0 Å². The number of rotatable bonds is 5. The van der Waals surface area contributed by atoms with Crippen LogP contribution in [0.25, 0.3) is 17.0 Å². The first-order chi connectivity index (χ1) is 13.6.